The standard InChI is InChI=1S/C16H15Cl3FN/c1-2-7-21-16(10-3-5-12(17)14(19)8-10)11-4-6-13(18)15(20)9-11/h3-6,8-9,16,21H,2,7H2,1H3. The lowest BCUT2D eigenvalue weighted by Gasteiger charge is -2.20. The molecule has 1 unspecified atom stereocenters. The average molecular weight is 347 g/mol. The molecule has 1 nitrogen and oxygen atoms in total. The van der Waals surface area contributed by atoms with Gasteiger partial charge in [-0.25, -0.2) is 4.39 Å². The first kappa shape index (κ1) is 16.6. The second-order valence-electron chi connectivity index (χ2n) is 4.73. The van der Waals surface area contributed by atoms with Gasteiger partial charge in [0.1, 0.15) is 5.82 Å². The molecule has 1 N–H and O–H groups in total. The van der Waals surface area contributed by atoms with Gasteiger partial charge in [0.25, 0.3) is 0 Å². The van der Waals surface area contributed by atoms with E-state index in [0.717, 1.165) is 24.1 Å². The topological polar surface area (TPSA) is 12.0 Å². The third-order valence-electron chi connectivity index (χ3n) is 3.15. The van der Waals surface area contributed by atoms with Gasteiger partial charge in [-0.15, -0.1) is 0 Å². The maximum atomic E-state index is 13.7. The second kappa shape index (κ2) is 7.46. The Hall–Kier alpha value is -0.800. The molecule has 0 aliphatic carbocycles. The molecule has 5 heteroatoms. The van der Waals surface area contributed by atoms with Gasteiger partial charge in [-0.3, -0.25) is 0 Å². The van der Waals surface area contributed by atoms with Crippen LogP contribution in [0.25, 0.3) is 0 Å². The van der Waals surface area contributed by atoms with Gasteiger partial charge in [0.15, 0.2) is 0 Å². The van der Waals surface area contributed by atoms with Crippen LogP contribution >= 0.6 is 34.8 Å². The highest BCUT2D eigenvalue weighted by Crippen LogP contribution is 2.30. The zero-order chi connectivity index (χ0) is 15.4. The molecular formula is C16H15Cl3FN. The lowest BCUT2D eigenvalue weighted by Crippen LogP contribution is -2.23. The molecule has 0 fully saturated rings. The van der Waals surface area contributed by atoms with E-state index in [9.17, 15) is 4.39 Å². The summed E-state index contributed by atoms with van der Waals surface area (Å²) < 4.78 is 13.7. The average Bonchev–Trinajstić information content (AvgIpc) is 2.46. The van der Waals surface area contributed by atoms with E-state index >= 15 is 0 Å². The molecule has 0 bridgehead atoms. The fourth-order valence-electron chi connectivity index (χ4n) is 2.10. The van der Waals surface area contributed by atoms with E-state index in [0.29, 0.717) is 10.0 Å². The van der Waals surface area contributed by atoms with Crippen LogP contribution in [-0.4, -0.2) is 6.54 Å². The summed E-state index contributed by atoms with van der Waals surface area (Å²) in [4.78, 5) is 0. The summed E-state index contributed by atoms with van der Waals surface area (Å²) in [5.74, 6) is -0.433. The molecule has 0 spiro atoms. The van der Waals surface area contributed by atoms with Crippen molar-refractivity contribution in [1.29, 1.82) is 0 Å². The van der Waals surface area contributed by atoms with E-state index in [1.807, 2.05) is 6.07 Å². The summed E-state index contributed by atoms with van der Waals surface area (Å²) in [7, 11) is 0. The minimum Gasteiger partial charge on any atom is -0.306 e. The maximum Gasteiger partial charge on any atom is 0.142 e. The molecule has 2 rings (SSSR count). The fraction of sp³-hybridized carbons (Fsp3) is 0.250. The highest BCUT2D eigenvalue weighted by molar-refractivity contribution is 6.42. The van der Waals surface area contributed by atoms with Crippen LogP contribution in [0.2, 0.25) is 15.1 Å². The molecule has 0 aliphatic heterocycles. The van der Waals surface area contributed by atoms with Crippen LogP contribution in [0.15, 0.2) is 36.4 Å². The van der Waals surface area contributed by atoms with Gasteiger partial charge >= 0.3 is 0 Å². The Morgan fingerprint density at radius 1 is 0.952 bits per heavy atom. The minimum atomic E-state index is -0.433. The Labute approximate surface area is 139 Å². The molecule has 0 aliphatic rings. The van der Waals surface area contributed by atoms with Gasteiger partial charge in [0.2, 0.25) is 0 Å². The zero-order valence-electron chi connectivity index (χ0n) is 11.5. The van der Waals surface area contributed by atoms with Crippen molar-refractivity contribution in [2.45, 2.75) is 19.4 Å². The summed E-state index contributed by atoms with van der Waals surface area (Å²) in [5.41, 5.74) is 1.73. The van der Waals surface area contributed by atoms with E-state index in [1.54, 1.807) is 24.3 Å². The molecule has 2 aromatic rings. The highest BCUT2D eigenvalue weighted by atomic mass is 35.5. The third-order valence-corrected chi connectivity index (χ3v) is 4.20. The van der Waals surface area contributed by atoms with Crippen LogP contribution in [-0.2, 0) is 0 Å². The lowest BCUT2D eigenvalue weighted by molar-refractivity contribution is 0.586. The van der Waals surface area contributed by atoms with Crippen molar-refractivity contribution in [3.05, 3.63) is 68.4 Å². The predicted molar refractivity (Wildman–Crippen MR) is 88.0 cm³/mol. The third kappa shape index (κ3) is 4.10. The van der Waals surface area contributed by atoms with Crippen molar-refractivity contribution < 1.29 is 4.39 Å². The smallest absolute Gasteiger partial charge is 0.142 e. The minimum absolute atomic E-state index is 0.113. The largest absolute Gasteiger partial charge is 0.306 e. The summed E-state index contributed by atoms with van der Waals surface area (Å²) in [6.07, 6.45) is 0.966. The van der Waals surface area contributed by atoms with Crippen LogP contribution < -0.4 is 5.32 Å². The van der Waals surface area contributed by atoms with E-state index < -0.39 is 5.82 Å². The first-order valence-electron chi connectivity index (χ1n) is 6.66. The fourth-order valence-corrected chi connectivity index (χ4v) is 2.52. The maximum absolute atomic E-state index is 13.7. The number of hydrogen-bond acceptors (Lipinski definition) is 1. The van der Waals surface area contributed by atoms with Gasteiger partial charge in [-0.1, -0.05) is 53.9 Å². The number of halogens is 4. The Morgan fingerprint density at radius 3 is 2.14 bits per heavy atom. The van der Waals surface area contributed by atoms with Crippen molar-refractivity contribution in [3.63, 3.8) is 0 Å². The molecule has 0 saturated carbocycles. The van der Waals surface area contributed by atoms with Crippen LogP contribution in [0.4, 0.5) is 4.39 Å². The van der Waals surface area contributed by atoms with Gasteiger partial charge in [0.05, 0.1) is 21.1 Å². The van der Waals surface area contributed by atoms with Crippen molar-refractivity contribution in [3.8, 4) is 0 Å². The molecular weight excluding hydrogens is 332 g/mol. The number of hydrogen-bond donors (Lipinski definition) is 1. The van der Waals surface area contributed by atoms with E-state index in [4.69, 9.17) is 34.8 Å². The van der Waals surface area contributed by atoms with Crippen LogP contribution in [0.3, 0.4) is 0 Å². The monoisotopic (exact) mass is 345 g/mol. The van der Waals surface area contributed by atoms with Gasteiger partial charge < -0.3 is 5.32 Å². The second-order valence-corrected chi connectivity index (χ2v) is 5.96. The van der Waals surface area contributed by atoms with E-state index in [2.05, 4.69) is 12.2 Å². The summed E-state index contributed by atoms with van der Waals surface area (Å²) in [6, 6.07) is 10.1. The molecule has 0 saturated heterocycles. The van der Waals surface area contributed by atoms with Crippen molar-refractivity contribution >= 4 is 34.8 Å². The zero-order valence-corrected chi connectivity index (χ0v) is 13.7. The van der Waals surface area contributed by atoms with Crippen molar-refractivity contribution in [2.75, 3.05) is 6.54 Å². The first-order valence-corrected chi connectivity index (χ1v) is 7.79. The molecule has 0 heterocycles. The van der Waals surface area contributed by atoms with E-state index in [1.165, 1.54) is 6.07 Å². The predicted octanol–water partition coefficient (Wildman–Crippen LogP) is 5.87. The van der Waals surface area contributed by atoms with Gasteiger partial charge in [-0.2, -0.15) is 0 Å². The normalized spacial score (nSPS) is 12.4. The molecule has 0 amide bonds. The van der Waals surface area contributed by atoms with Crippen molar-refractivity contribution in [2.24, 2.45) is 0 Å². The molecule has 112 valence electrons. The lowest BCUT2D eigenvalue weighted by atomic mass is 9.98. The number of benzene rings is 2. The van der Waals surface area contributed by atoms with Crippen LogP contribution in [0.5, 0.6) is 0 Å². The van der Waals surface area contributed by atoms with Crippen LogP contribution in [0, 0.1) is 5.82 Å². The molecule has 1 atom stereocenters. The molecule has 21 heavy (non-hydrogen) atoms. The van der Waals surface area contributed by atoms with Crippen LogP contribution in [0.1, 0.15) is 30.5 Å². The van der Waals surface area contributed by atoms with Crippen molar-refractivity contribution in [1.82, 2.24) is 5.32 Å². The van der Waals surface area contributed by atoms with E-state index in [-0.39, 0.29) is 11.1 Å². The molecule has 0 radical (unpaired) electrons. The molecule has 2 aromatic carbocycles. The summed E-state index contributed by atoms with van der Waals surface area (Å²) in [5, 5.41) is 4.47. The van der Waals surface area contributed by atoms with Gasteiger partial charge in [0, 0.05) is 0 Å². The number of nitrogens with one attached hydrogen (secondary N) is 1. The Balaban J connectivity index is 2.41. The summed E-state index contributed by atoms with van der Waals surface area (Å²) in [6.45, 7) is 2.87. The Morgan fingerprint density at radius 2 is 1.57 bits per heavy atom. The molecule has 0 aromatic heterocycles. The number of rotatable bonds is 5. The Bertz CT molecular complexity index is 579. The summed E-state index contributed by atoms with van der Waals surface area (Å²) >= 11 is 17.8. The van der Waals surface area contributed by atoms with Gasteiger partial charge in [-0.05, 0) is 48.4 Å². The quantitative estimate of drug-likeness (QED) is 0.713. The SMILES string of the molecule is CCCNC(c1ccc(Cl)c(F)c1)c1ccc(Cl)c(Cl)c1. The highest BCUT2D eigenvalue weighted by Gasteiger charge is 2.16. The Kier molecular flexibility index (Phi) is 5.88. The first-order chi connectivity index (χ1) is 10.0.